The van der Waals surface area contributed by atoms with E-state index in [1.807, 2.05) is 37.3 Å². The molecule has 2 aromatic carbocycles. The molecule has 0 fully saturated rings. The fraction of sp³-hybridized carbons (Fsp3) is 0.0714. The van der Waals surface area contributed by atoms with Gasteiger partial charge in [0.1, 0.15) is 16.5 Å². The first-order chi connectivity index (χ1) is 8.97. The molecule has 5 heteroatoms. The lowest BCUT2D eigenvalue weighted by Crippen LogP contribution is -2.09. The van der Waals surface area contributed by atoms with Crippen LogP contribution in [0.15, 0.2) is 40.9 Å². The van der Waals surface area contributed by atoms with E-state index in [4.69, 9.17) is 34.3 Å². The van der Waals surface area contributed by atoms with Crippen molar-refractivity contribution >= 4 is 44.7 Å². The first-order valence-corrected chi connectivity index (χ1v) is 7.08. The Labute approximate surface area is 130 Å². The van der Waals surface area contributed by atoms with Crippen molar-refractivity contribution in [1.29, 1.82) is 0 Å². The van der Waals surface area contributed by atoms with E-state index in [-0.39, 0.29) is 0 Å². The average Bonchev–Trinajstić information content (AvgIpc) is 2.33. The van der Waals surface area contributed by atoms with Crippen molar-refractivity contribution in [3.8, 4) is 11.5 Å². The first kappa shape index (κ1) is 14.3. The summed E-state index contributed by atoms with van der Waals surface area (Å²) in [6, 6.07) is 11.1. The van der Waals surface area contributed by atoms with Crippen molar-refractivity contribution in [1.82, 2.24) is 0 Å². The van der Waals surface area contributed by atoms with Gasteiger partial charge in [-0.25, -0.2) is 0 Å². The third kappa shape index (κ3) is 3.47. The number of halogens is 2. The minimum atomic E-state index is 0.340. The highest BCUT2D eigenvalue weighted by Crippen LogP contribution is 2.32. The van der Waals surface area contributed by atoms with Crippen LogP contribution in [0.3, 0.4) is 0 Å². The second-order valence-electron chi connectivity index (χ2n) is 4.04. The zero-order chi connectivity index (χ0) is 14.0. The number of hydrogen-bond donors (Lipinski definition) is 1. The van der Waals surface area contributed by atoms with Gasteiger partial charge in [0.05, 0.1) is 5.02 Å². The van der Waals surface area contributed by atoms with Crippen molar-refractivity contribution in [3.63, 3.8) is 0 Å². The SMILES string of the molecule is Cc1ccc(Cl)c(Oc2ccc(C(N)=S)c(Br)c2)c1. The molecule has 2 aromatic rings. The van der Waals surface area contributed by atoms with Gasteiger partial charge < -0.3 is 10.5 Å². The zero-order valence-electron chi connectivity index (χ0n) is 10.1. The maximum atomic E-state index is 6.09. The molecule has 98 valence electrons. The summed E-state index contributed by atoms with van der Waals surface area (Å²) < 4.78 is 6.55. The lowest BCUT2D eigenvalue weighted by molar-refractivity contribution is 0.482. The largest absolute Gasteiger partial charge is 0.456 e. The van der Waals surface area contributed by atoms with Gasteiger partial charge in [-0.1, -0.05) is 29.9 Å². The Bertz CT molecular complexity index is 645. The van der Waals surface area contributed by atoms with Crippen LogP contribution in [0.2, 0.25) is 5.02 Å². The van der Waals surface area contributed by atoms with E-state index < -0.39 is 0 Å². The van der Waals surface area contributed by atoms with Gasteiger partial charge in [0, 0.05) is 10.0 Å². The molecule has 0 bridgehead atoms. The van der Waals surface area contributed by atoms with Crippen LogP contribution in [-0.2, 0) is 0 Å². The summed E-state index contributed by atoms with van der Waals surface area (Å²) in [7, 11) is 0. The van der Waals surface area contributed by atoms with Gasteiger partial charge in [-0.15, -0.1) is 0 Å². The van der Waals surface area contributed by atoms with E-state index in [0.717, 1.165) is 15.6 Å². The molecule has 0 aromatic heterocycles. The smallest absolute Gasteiger partial charge is 0.146 e. The Morgan fingerprint density at radius 2 is 2.00 bits per heavy atom. The fourth-order valence-corrected chi connectivity index (χ4v) is 2.61. The van der Waals surface area contributed by atoms with E-state index in [1.54, 1.807) is 6.07 Å². The number of benzene rings is 2. The standard InChI is InChI=1S/C14H11BrClNOS/c1-8-2-5-12(16)13(6-8)18-9-3-4-10(14(17)19)11(15)7-9/h2-7H,1H3,(H2,17,19). The second-order valence-corrected chi connectivity index (χ2v) is 5.74. The van der Waals surface area contributed by atoms with Gasteiger partial charge in [0.25, 0.3) is 0 Å². The molecule has 0 atom stereocenters. The highest BCUT2D eigenvalue weighted by Gasteiger charge is 2.07. The Morgan fingerprint density at radius 3 is 2.63 bits per heavy atom. The van der Waals surface area contributed by atoms with Crippen molar-refractivity contribution in [2.75, 3.05) is 0 Å². The van der Waals surface area contributed by atoms with Crippen molar-refractivity contribution in [3.05, 3.63) is 57.0 Å². The van der Waals surface area contributed by atoms with Crippen molar-refractivity contribution < 1.29 is 4.74 Å². The van der Waals surface area contributed by atoms with E-state index >= 15 is 0 Å². The van der Waals surface area contributed by atoms with Gasteiger partial charge >= 0.3 is 0 Å². The van der Waals surface area contributed by atoms with Crippen LogP contribution in [0.25, 0.3) is 0 Å². The normalized spacial score (nSPS) is 10.3. The minimum Gasteiger partial charge on any atom is -0.456 e. The number of aryl methyl sites for hydroxylation is 1. The lowest BCUT2D eigenvalue weighted by atomic mass is 10.2. The molecular formula is C14H11BrClNOS. The summed E-state index contributed by atoms with van der Waals surface area (Å²) in [6.45, 7) is 1.98. The van der Waals surface area contributed by atoms with Crippen LogP contribution in [0.1, 0.15) is 11.1 Å². The van der Waals surface area contributed by atoms with Crippen molar-refractivity contribution in [2.24, 2.45) is 5.73 Å². The van der Waals surface area contributed by atoms with Crippen LogP contribution in [-0.4, -0.2) is 4.99 Å². The molecule has 0 aliphatic carbocycles. The summed E-state index contributed by atoms with van der Waals surface area (Å²) in [5.74, 6) is 1.29. The number of hydrogen-bond acceptors (Lipinski definition) is 2. The zero-order valence-corrected chi connectivity index (χ0v) is 13.3. The molecule has 0 amide bonds. The summed E-state index contributed by atoms with van der Waals surface area (Å²) in [5, 5.41) is 0.570. The molecule has 0 saturated carbocycles. The molecule has 2 N–H and O–H groups in total. The highest BCUT2D eigenvalue weighted by molar-refractivity contribution is 9.10. The predicted octanol–water partition coefficient (Wildman–Crippen LogP) is 4.84. The summed E-state index contributed by atoms with van der Waals surface area (Å²) >= 11 is 14.4. The number of nitrogens with two attached hydrogens (primary N) is 1. The number of rotatable bonds is 3. The Hall–Kier alpha value is -1.10. The van der Waals surface area contributed by atoms with Crippen LogP contribution in [0, 0.1) is 6.92 Å². The molecule has 2 nitrogen and oxygen atoms in total. The molecule has 0 aliphatic rings. The Morgan fingerprint density at radius 1 is 1.26 bits per heavy atom. The van der Waals surface area contributed by atoms with Crippen LogP contribution >= 0.6 is 39.7 Å². The maximum Gasteiger partial charge on any atom is 0.146 e. The predicted molar refractivity (Wildman–Crippen MR) is 86.3 cm³/mol. The van der Waals surface area contributed by atoms with Gasteiger partial charge in [-0.2, -0.15) is 0 Å². The molecule has 19 heavy (non-hydrogen) atoms. The van der Waals surface area contributed by atoms with Crippen LogP contribution in [0.5, 0.6) is 11.5 Å². The molecule has 2 rings (SSSR count). The molecule has 0 aliphatic heterocycles. The first-order valence-electron chi connectivity index (χ1n) is 5.51. The highest BCUT2D eigenvalue weighted by atomic mass is 79.9. The summed E-state index contributed by atoms with van der Waals surface area (Å²) in [6.07, 6.45) is 0. The second kappa shape index (κ2) is 5.90. The molecule has 0 saturated heterocycles. The Balaban J connectivity index is 2.31. The van der Waals surface area contributed by atoms with E-state index in [1.165, 1.54) is 0 Å². The van der Waals surface area contributed by atoms with Gasteiger partial charge in [0.2, 0.25) is 0 Å². The molecule has 0 unspecified atom stereocenters. The number of thiocarbonyl (C=S) groups is 1. The van der Waals surface area contributed by atoms with Gasteiger partial charge in [-0.3, -0.25) is 0 Å². The molecule has 0 spiro atoms. The van der Waals surface area contributed by atoms with Crippen LogP contribution in [0.4, 0.5) is 0 Å². The molecule has 0 radical (unpaired) electrons. The van der Waals surface area contributed by atoms with E-state index in [9.17, 15) is 0 Å². The monoisotopic (exact) mass is 355 g/mol. The van der Waals surface area contributed by atoms with Crippen molar-refractivity contribution in [2.45, 2.75) is 6.92 Å². The third-order valence-corrected chi connectivity index (χ3v) is 3.71. The quantitative estimate of drug-likeness (QED) is 0.799. The molecule has 0 heterocycles. The number of ether oxygens (including phenoxy) is 1. The lowest BCUT2D eigenvalue weighted by Gasteiger charge is -2.10. The maximum absolute atomic E-state index is 6.09. The minimum absolute atomic E-state index is 0.340. The average molecular weight is 357 g/mol. The van der Waals surface area contributed by atoms with Gasteiger partial charge in [-0.05, 0) is 58.7 Å². The summed E-state index contributed by atoms with van der Waals surface area (Å²) in [5.41, 5.74) is 7.46. The third-order valence-electron chi connectivity index (χ3n) is 2.52. The fourth-order valence-electron chi connectivity index (χ4n) is 1.57. The van der Waals surface area contributed by atoms with Gasteiger partial charge in [0.15, 0.2) is 0 Å². The van der Waals surface area contributed by atoms with E-state index in [2.05, 4.69) is 15.9 Å². The van der Waals surface area contributed by atoms with E-state index in [0.29, 0.717) is 21.5 Å². The molecular weight excluding hydrogens is 346 g/mol. The summed E-state index contributed by atoms with van der Waals surface area (Å²) in [4.78, 5) is 0.340. The topological polar surface area (TPSA) is 35.2 Å². The Kier molecular flexibility index (Phi) is 4.45. The van der Waals surface area contributed by atoms with Crippen LogP contribution < -0.4 is 10.5 Å².